The van der Waals surface area contributed by atoms with E-state index in [1.165, 1.54) is 18.6 Å². The minimum atomic E-state index is -4.14. The highest BCUT2D eigenvalue weighted by atomic mass is 19.3. The summed E-state index contributed by atoms with van der Waals surface area (Å²) in [7, 11) is 1.30. The summed E-state index contributed by atoms with van der Waals surface area (Å²) in [6.07, 6.45) is -4.14. The van der Waals surface area contributed by atoms with E-state index < -0.39 is 12.0 Å². The van der Waals surface area contributed by atoms with E-state index >= 15 is 0 Å². The number of nitrogens with zero attached hydrogens (tertiary/aromatic N) is 1. The smallest absolute Gasteiger partial charge is 0.483 e. The summed E-state index contributed by atoms with van der Waals surface area (Å²) in [5.41, 5.74) is 1.32. The van der Waals surface area contributed by atoms with Gasteiger partial charge >= 0.3 is 12.0 Å². The van der Waals surface area contributed by atoms with Crippen molar-refractivity contribution in [3.05, 3.63) is 23.8 Å². The molecule has 8 heteroatoms. The number of nitrogens with two attached hydrogens (primary N) is 1. The lowest BCUT2D eigenvalue weighted by Crippen LogP contribution is -2.47. The van der Waals surface area contributed by atoms with Gasteiger partial charge in [-0.05, 0) is 12.1 Å². The van der Waals surface area contributed by atoms with Gasteiger partial charge in [0.2, 0.25) is 0 Å². The van der Waals surface area contributed by atoms with Gasteiger partial charge in [0.05, 0.1) is 18.7 Å². The van der Waals surface area contributed by atoms with Gasteiger partial charge in [-0.3, -0.25) is 10.2 Å². The molecule has 0 aliphatic carbocycles. The second-order valence-corrected chi connectivity index (χ2v) is 3.10. The Bertz CT molecular complexity index is 500. The maximum atomic E-state index is 13.1. The molecule has 0 saturated heterocycles. The van der Waals surface area contributed by atoms with Crippen LogP contribution in [0.5, 0.6) is 11.5 Å². The van der Waals surface area contributed by atoms with Crippen molar-refractivity contribution < 1.29 is 23.0 Å². The summed E-state index contributed by atoms with van der Waals surface area (Å²) in [4.78, 5) is 10.7. The van der Waals surface area contributed by atoms with Gasteiger partial charge in [-0.15, -0.1) is 0 Å². The van der Waals surface area contributed by atoms with Crippen LogP contribution in [0.2, 0.25) is 0 Å². The number of methoxy groups -OCH3 is 1. The molecule has 0 radical (unpaired) electrons. The van der Waals surface area contributed by atoms with Gasteiger partial charge in [0, 0.05) is 6.07 Å². The number of nitrogens with one attached hydrogen (secondary N) is 1. The number of rotatable bonds is 4. The molecule has 3 N–H and O–H groups in total. The monoisotopic (exact) mass is 257 g/mol. The van der Waals surface area contributed by atoms with Crippen molar-refractivity contribution in [2.75, 3.05) is 7.11 Å². The molecule has 18 heavy (non-hydrogen) atoms. The van der Waals surface area contributed by atoms with E-state index in [4.69, 9.17) is 10.00 Å². The number of hydrazine groups is 1. The summed E-state index contributed by atoms with van der Waals surface area (Å²) < 4.78 is 35.3. The van der Waals surface area contributed by atoms with Crippen molar-refractivity contribution in [3.63, 3.8) is 0 Å². The van der Waals surface area contributed by atoms with E-state index in [9.17, 15) is 13.6 Å². The molecule has 0 bridgehead atoms. The number of carbonyl (C=O) groups excluding carboxylic acids is 1. The van der Waals surface area contributed by atoms with Crippen LogP contribution in [0.25, 0.3) is 0 Å². The van der Waals surface area contributed by atoms with Crippen LogP contribution in [0.3, 0.4) is 0 Å². The Balaban J connectivity index is 3.04. The number of nitriles is 1. The van der Waals surface area contributed by atoms with E-state index in [1.807, 2.05) is 0 Å². The molecule has 0 saturated carbocycles. The molecule has 1 aromatic rings. The van der Waals surface area contributed by atoms with E-state index in [0.717, 1.165) is 12.1 Å². The van der Waals surface area contributed by atoms with Crippen LogP contribution in [-0.4, -0.2) is 19.1 Å². The molecule has 0 aliphatic rings. The van der Waals surface area contributed by atoms with Crippen LogP contribution in [0, 0.1) is 11.3 Å². The molecular weight excluding hydrogens is 248 g/mol. The zero-order chi connectivity index (χ0) is 13.8. The molecule has 96 valence electrons. The Hall–Kier alpha value is -2.40. The van der Waals surface area contributed by atoms with E-state index in [1.54, 1.807) is 6.07 Å². The molecule has 1 amide bonds. The first-order chi connectivity index (χ1) is 8.42. The van der Waals surface area contributed by atoms with Crippen molar-refractivity contribution >= 4 is 5.91 Å². The van der Waals surface area contributed by atoms with Crippen LogP contribution in [0.1, 0.15) is 5.56 Å². The topological polar surface area (TPSA) is 97.4 Å². The third kappa shape index (κ3) is 3.05. The van der Waals surface area contributed by atoms with Crippen LogP contribution < -0.4 is 20.7 Å². The normalized spacial score (nSPS) is 10.4. The highest BCUT2D eigenvalue weighted by Gasteiger charge is 2.42. The first kappa shape index (κ1) is 13.7. The lowest BCUT2D eigenvalue weighted by Gasteiger charge is -2.16. The molecule has 0 aromatic heterocycles. The second kappa shape index (κ2) is 5.29. The van der Waals surface area contributed by atoms with E-state index in [2.05, 4.69) is 10.6 Å². The van der Waals surface area contributed by atoms with Crippen molar-refractivity contribution in [2.24, 2.45) is 5.84 Å². The van der Waals surface area contributed by atoms with Crippen molar-refractivity contribution in [2.45, 2.75) is 6.11 Å². The molecule has 0 heterocycles. The lowest BCUT2D eigenvalue weighted by molar-refractivity contribution is -0.192. The third-order valence-corrected chi connectivity index (χ3v) is 1.89. The minimum Gasteiger partial charge on any atom is -0.497 e. The predicted molar refractivity (Wildman–Crippen MR) is 55.6 cm³/mol. The second-order valence-electron chi connectivity index (χ2n) is 3.10. The number of benzene rings is 1. The average Bonchev–Trinajstić information content (AvgIpc) is 2.36. The number of amides is 1. The van der Waals surface area contributed by atoms with Crippen molar-refractivity contribution in [1.29, 1.82) is 5.26 Å². The van der Waals surface area contributed by atoms with Crippen LogP contribution >= 0.6 is 0 Å². The van der Waals surface area contributed by atoms with Gasteiger partial charge in [-0.25, -0.2) is 5.84 Å². The SMILES string of the molecule is COc1cc(C#N)cc(OC(F)(F)C(=O)NN)c1. The van der Waals surface area contributed by atoms with E-state index in [0.29, 0.717) is 0 Å². The van der Waals surface area contributed by atoms with Crippen LogP contribution in [0.15, 0.2) is 18.2 Å². The zero-order valence-corrected chi connectivity index (χ0v) is 9.24. The minimum absolute atomic E-state index is 0.0494. The molecule has 1 rings (SSSR count). The largest absolute Gasteiger partial charge is 0.497 e. The highest BCUT2D eigenvalue weighted by Crippen LogP contribution is 2.27. The Morgan fingerprint density at radius 1 is 1.44 bits per heavy atom. The molecule has 0 fully saturated rings. The molecule has 1 aromatic carbocycles. The van der Waals surface area contributed by atoms with Gasteiger partial charge in [-0.2, -0.15) is 14.0 Å². The Kier molecular flexibility index (Phi) is 4.01. The molecule has 0 aliphatic heterocycles. The Morgan fingerprint density at radius 2 is 2.06 bits per heavy atom. The fourth-order valence-electron chi connectivity index (χ4n) is 1.09. The highest BCUT2D eigenvalue weighted by molar-refractivity contribution is 5.81. The summed E-state index contributed by atoms with van der Waals surface area (Å²) in [6.45, 7) is 0. The van der Waals surface area contributed by atoms with Crippen molar-refractivity contribution in [1.82, 2.24) is 5.43 Å². The molecule has 6 nitrogen and oxygen atoms in total. The van der Waals surface area contributed by atoms with Gasteiger partial charge in [-0.1, -0.05) is 0 Å². The Labute approximate surface area is 101 Å². The summed E-state index contributed by atoms with van der Waals surface area (Å²) >= 11 is 0. The van der Waals surface area contributed by atoms with Gasteiger partial charge in [0.15, 0.2) is 0 Å². The fraction of sp³-hybridized carbons (Fsp3) is 0.200. The number of carbonyl (C=O) groups is 1. The Morgan fingerprint density at radius 3 is 2.56 bits per heavy atom. The maximum absolute atomic E-state index is 13.1. The van der Waals surface area contributed by atoms with Crippen LogP contribution in [0.4, 0.5) is 8.78 Å². The molecule has 0 spiro atoms. The number of halogens is 2. The van der Waals surface area contributed by atoms with Crippen LogP contribution in [-0.2, 0) is 4.79 Å². The number of ether oxygens (including phenoxy) is 2. The van der Waals surface area contributed by atoms with Crippen molar-refractivity contribution in [3.8, 4) is 17.6 Å². The summed E-state index contributed by atoms with van der Waals surface area (Å²) in [5, 5.41) is 8.69. The maximum Gasteiger partial charge on any atom is 0.483 e. The first-order valence-corrected chi connectivity index (χ1v) is 4.60. The zero-order valence-electron chi connectivity index (χ0n) is 9.24. The molecular formula is C10H9F2N3O3. The number of hydrogen-bond acceptors (Lipinski definition) is 5. The third-order valence-electron chi connectivity index (χ3n) is 1.89. The molecule has 0 unspecified atom stereocenters. The summed E-state index contributed by atoms with van der Waals surface area (Å²) in [6, 6.07) is 5.22. The van der Waals surface area contributed by atoms with Gasteiger partial charge in [0.25, 0.3) is 0 Å². The standard InChI is InChI=1S/C10H9F2N3O3/c1-17-7-2-6(5-13)3-8(4-7)18-10(11,12)9(16)15-14/h2-4H,14H2,1H3,(H,15,16). The van der Waals surface area contributed by atoms with Gasteiger partial charge in [0.1, 0.15) is 11.5 Å². The number of alkyl halides is 2. The van der Waals surface area contributed by atoms with Gasteiger partial charge < -0.3 is 9.47 Å². The number of hydrogen-bond donors (Lipinski definition) is 2. The average molecular weight is 257 g/mol. The van der Waals surface area contributed by atoms with E-state index in [-0.39, 0.29) is 17.1 Å². The lowest BCUT2D eigenvalue weighted by atomic mass is 10.2. The summed E-state index contributed by atoms with van der Waals surface area (Å²) in [5.74, 6) is 2.54. The quantitative estimate of drug-likeness (QED) is 0.466. The predicted octanol–water partition coefficient (Wildman–Crippen LogP) is 0.528. The molecule has 0 atom stereocenters. The first-order valence-electron chi connectivity index (χ1n) is 4.60. The fourth-order valence-corrected chi connectivity index (χ4v) is 1.09.